The standard InChI is InChI=1S/C11H23N3O2/c1-4-6-7-9(12)11(16)14(3)8-10(15)13-5-2/h9H,4-8,12H2,1-3H3,(H,13,15). The molecule has 0 saturated heterocycles. The van der Waals surface area contributed by atoms with Crippen molar-refractivity contribution in [2.45, 2.75) is 39.2 Å². The van der Waals surface area contributed by atoms with Gasteiger partial charge in [0.25, 0.3) is 0 Å². The van der Waals surface area contributed by atoms with Crippen LogP contribution in [-0.4, -0.2) is 42.9 Å². The van der Waals surface area contributed by atoms with Crippen molar-refractivity contribution in [3.63, 3.8) is 0 Å². The van der Waals surface area contributed by atoms with E-state index >= 15 is 0 Å². The predicted octanol–water partition coefficient (Wildman–Crippen LogP) is 0.0984. The summed E-state index contributed by atoms with van der Waals surface area (Å²) in [4.78, 5) is 24.3. The van der Waals surface area contributed by atoms with Crippen LogP contribution in [0.2, 0.25) is 0 Å². The molecule has 0 saturated carbocycles. The Bertz CT molecular complexity index is 231. The van der Waals surface area contributed by atoms with E-state index in [-0.39, 0.29) is 18.4 Å². The minimum atomic E-state index is -0.487. The molecular weight excluding hydrogens is 206 g/mol. The minimum absolute atomic E-state index is 0.0759. The smallest absolute Gasteiger partial charge is 0.239 e. The van der Waals surface area contributed by atoms with Crippen LogP contribution >= 0.6 is 0 Å². The number of carbonyl (C=O) groups is 2. The number of unbranched alkanes of at least 4 members (excludes halogenated alkanes) is 1. The van der Waals surface area contributed by atoms with E-state index in [4.69, 9.17) is 5.73 Å². The number of hydrogen-bond donors (Lipinski definition) is 2. The normalized spacial score (nSPS) is 12.0. The molecule has 0 aromatic heterocycles. The maximum atomic E-state index is 11.7. The van der Waals surface area contributed by atoms with Crippen LogP contribution in [0.3, 0.4) is 0 Å². The van der Waals surface area contributed by atoms with Gasteiger partial charge in [0.15, 0.2) is 0 Å². The first-order chi connectivity index (χ1) is 7.52. The minimum Gasteiger partial charge on any atom is -0.355 e. The summed E-state index contributed by atoms with van der Waals surface area (Å²) in [5, 5.41) is 2.64. The number of carbonyl (C=O) groups excluding carboxylic acids is 2. The summed E-state index contributed by atoms with van der Waals surface area (Å²) >= 11 is 0. The Morgan fingerprint density at radius 3 is 2.50 bits per heavy atom. The summed E-state index contributed by atoms with van der Waals surface area (Å²) in [5.74, 6) is -0.319. The fourth-order valence-corrected chi connectivity index (χ4v) is 1.38. The van der Waals surface area contributed by atoms with Gasteiger partial charge in [0, 0.05) is 13.6 Å². The molecule has 0 radical (unpaired) electrons. The highest BCUT2D eigenvalue weighted by Crippen LogP contribution is 2.01. The summed E-state index contributed by atoms with van der Waals surface area (Å²) in [6.45, 7) is 4.54. The average Bonchev–Trinajstić information content (AvgIpc) is 2.24. The molecular formula is C11H23N3O2. The Balaban J connectivity index is 4.01. The average molecular weight is 229 g/mol. The highest BCUT2D eigenvalue weighted by atomic mass is 16.2. The van der Waals surface area contributed by atoms with Crippen molar-refractivity contribution in [3.8, 4) is 0 Å². The van der Waals surface area contributed by atoms with Gasteiger partial charge in [-0.25, -0.2) is 0 Å². The summed E-state index contributed by atoms with van der Waals surface area (Å²) in [7, 11) is 1.60. The molecule has 0 fully saturated rings. The summed E-state index contributed by atoms with van der Waals surface area (Å²) in [5.41, 5.74) is 5.73. The molecule has 2 amide bonds. The third kappa shape index (κ3) is 5.70. The van der Waals surface area contributed by atoms with E-state index in [1.54, 1.807) is 7.05 Å². The molecule has 0 aliphatic heterocycles. The zero-order chi connectivity index (χ0) is 12.6. The van der Waals surface area contributed by atoms with Gasteiger partial charge in [-0.2, -0.15) is 0 Å². The molecule has 0 spiro atoms. The fourth-order valence-electron chi connectivity index (χ4n) is 1.38. The highest BCUT2D eigenvalue weighted by molar-refractivity contribution is 5.87. The first-order valence-corrected chi connectivity index (χ1v) is 5.80. The number of amides is 2. The van der Waals surface area contributed by atoms with Crippen molar-refractivity contribution in [2.75, 3.05) is 20.1 Å². The largest absolute Gasteiger partial charge is 0.355 e. The van der Waals surface area contributed by atoms with Crippen molar-refractivity contribution < 1.29 is 9.59 Å². The summed E-state index contributed by atoms with van der Waals surface area (Å²) < 4.78 is 0. The molecule has 0 aliphatic carbocycles. The lowest BCUT2D eigenvalue weighted by Gasteiger charge is -2.20. The van der Waals surface area contributed by atoms with Crippen molar-refractivity contribution in [1.29, 1.82) is 0 Å². The SMILES string of the molecule is CCCCC(N)C(=O)N(C)CC(=O)NCC. The first-order valence-electron chi connectivity index (χ1n) is 5.80. The molecule has 94 valence electrons. The lowest BCUT2D eigenvalue weighted by atomic mass is 10.1. The van der Waals surface area contributed by atoms with Gasteiger partial charge < -0.3 is 16.0 Å². The quantitative estimate of drug-likeness (QED) is 0.650. The van der Waals surface area contributed by atoms with Gasteiger partial charge in [-0.3, -0.25) is 9.59 Å². The van der Waals surface area contributed by atoms with Gasteiger partial charge in [-0.15, -0.1) is 0 Å². The second-order valence-electron chi connectivity index (χ2n) is 3.90. The Morgan fingerprint density at radius 2 is 2.00 bits per heavy atom. The van der Waals surface area contributed by atoms with Crippen LogP contribution < -0.4 is 11.1 Å². The number of rotatable bonds is 7. The lowest BCUT2D eigenvalue weighted by Crippen LogP contribution is -2.45. The molecule has 16 heavy (non-hydrogen) atoms. The molecule has 1 atom stereocenters. The van der Waals surface area contributed by atoms with Crippen LogP contribution in [0, 0.1) is 0 Å². The van der Waals surface area contributed by atoms with Gasteiger partial charge in [0.05, 0.1) is 12.6 Å². The molecule has 0 aromatic rings. The van der Waals surface area contributed by atoms with E-state index in [1.165, 1.54) is 4.90 Å². The van der Waals surface area contributed by atoms with Crippen LogP contribution in [-0.2, 0) is 9.59 Å². The molecule has 3 N–H and O–H groups in total. The van der Waals surface area contributed by atoms with E-state index in [2.05, 4.69) is 12.2 Å². The maximum Gasteiger partial charge on any atom is 0.239 e. The van der Waals surface area contributed by atoms with Gasteiger partial charge >= 0.3 is 0 Å². The molecule has 0 aromatic carbocycles. The molecule has 5 nitrogen and oxygen atoms in total. The van der Waals surface area contributed by atoms with Gasteiger partial charge in [0.2, 0.25) is 11.8 Å². The lowest BCUT2D eigenvalue weighted by molar-refractivity contribution is -0.135. The summed E-state index contributed by atoms with van der Waals surface area (Å²) in [6, 6.07) is -0.487. The first kappa shape index (κ1) is 14.9. The van der Waals surface area contributed by atoms with Gasteiger partial charge in [-0.05, 0) is 13.3 Å². The fraction of sp³-hybridized carbons (Fsp3) is 0.818. The van der Waals surface area contributed by atoms with Crippen molar-refractivity contribution in [3.05, 3.63) is 0 Å². The second kappa shape index (κ2) is 8.10. The van der Waals surface area contributed by atoms with Crippen LogP contribution in [0.4, 0.5) is 0 Å². The monoisotopic (exact) mass is 229 g/mol. The van der Waals surface area contributed by atoms with Gasteiger partial charge in [-0.1, -0.05) is 19.8 Å². The van der Waals surface area contributed by atoms with Crippen molar-refractivity contribution in [1.82, 2.24) is 10.2 Å². The molecule has 0 heterocycles. The van der Waals surface area contributed by atoms with E-state index in [1.807, 2.05) is 6.92 Å². The number of nitrogens with one attached hydrogen (secondary N) is 1. The van der Waals surface area contributed by atoms with E-state index in [0.29, 0.717) is 13.0 Å². The van der Waals surface area contributed by atoms with Crippen LogP contribution in [0.5, 0.6) is 0 Å². The molecule has 0 aliphatic rings. The third-order valence-electron chi connectivity index (χ3n) is 2.32. The number of nitrogens with zero attached hydrogens (tertiary/aromatic N) is 1. The second-order valence-corrected chi connectivity index (χ2v) is 3.90. The molecule has 0 bridgehead atoms. The number of nitrogens with two attached hydrogens (primary N) is 1. The zero-order valence-electron chi connectivity index (χ0n) is 10.5. The maximum absolute atomic E-state index is 11.7. The molecule has 5 heteroatoms. The zero-order valence-corrected chi connectivity index (χ0v) is 10.5. The third-order valence-corrected chi connectivity index (χ3v) is 2.32. The van der Waals surface area contributed by atoms with Gasteiger partial charge in [0.1, 0.15) is 0 Å². The van der Waals surface area contributed by atoms with Crippen LogP contribution in [0.1, 0.15) is 33.1 Å². The predicted molar refractivity (Wildman–Crippen MR) is 63.8 cm³/mol. The van der Waals surface area contributed by atoms with E-state index in [9.17, 15) is 9.59 Å². The molecule has 1 unspecified atom stereocenters. The van der Waals surface area contributed by atoms with Crippen molar-refractivity contribution in [2.24, 2.45) is 5.73 Å². The Kier molecular flexibility index (Phi) is 7.54. The number of hydrogen-bond acceptors (Lipinski definition) is 3. The van der Waals surface area contributed by atoms with Crippen LogP contribution in [0.25, 0.3) is 0 Å². The Hall–Kier alpha value is -1.10. The van der Waals surface area contributed by atoms with Crippen LogP contribution in [0.15, 0.2) is 0 Å². The summed E-state index contributed by atoms with van der Waals surface area (Å²) in [6.07, 6.45) is 2.62. The van der Waals surface area contributed by atoms with E-state index in [0.717, 1.165) is 12.8 Å². The number of likely N-dealkylation sites (N-methyl/N-ethyl adjacent to an activating group) is 2. The Morgan fingerprint density at radius 1 is 1.38 bits per heavy atom. The molecule has 0 rings (SSSR count). The van der Waals surface area contributed by atoms with Crippen molar-refractivity contribution >= 4 is 11.8 Å². The Labute approximate surface area is 97.4 Å². The highest BCUT2D eigenvalue weighted by Gasteiger charge is 2.18. The van der Waals surface area contributed by atoms with E-state index < -0.39 is 6.04 Å². The topological polar surface area (TPSA) is 75.4 Å².